The van der Waals surface area contributed by atoms with Crippen LogP contribution in [0, 0.1) is 0 Å². The maximum absolute atomic E-state index is 12.1. The summed E-state index contributed by atoms with van der Waals surface area (Å²) in [6.45, 7) is 2.13. The fraction of sp³-hybridized carbons (Fsp3) is 0.471. The Labute approximate surface area is 151 Å². The van der Waals surface area contributed by atoms with E-state index in [-0.39, 0.29) is 13.2 Å². The third-order valence-corrected chi connectivity index (χ3v) is 3.67. The van der Waals surface area contributed by atoms with Crippen molar-refractivity contribution < 1.29 is 28.6 Å². The number of anilines is 1. The Morgan fingerprint density at radius 3 is 2.73 bits per heavy atom. The number of urea groups is 1. The van der Waals surface area contributed by atoms with E-state index in [0.29, 0.717) is 30.2 Å². The molecule has 1 aliphatic heterocycles. The summed E-state index contributed by atoms with van der Waals surface area (Å²) in [4.78, 5) is 34.4. The summed E-state index contributed by atoms with van der Waals surface area (Å²) < 4.78 is 15.6. The number of nitrogens with one attached hydrogen (secondary N) is 2. The first-order valence-electron chi connectivity index (χ1n) is 8.39. The van der Waals surface area contributed by atoms with E-state index in [9.17, 15) is 14.4 Å². The smallest absolute Gasteiger partial charge is 0.312 e. The lowest BCUT2D eigenvalue weighted by Gasteiger charge is -2.13. The lowest BCUT2D eigenvalue weighted by Crippen LogP contribution is -2.30. The van der Waals surface area contributed by atoms with Crippen LogP contribution in [0.5, 0.6) is 11.5 Å². The van der Waals surface area contributed by atoms with Crippen molar-refractivity contribution in [3.05, 3.63) is 18.2 Å². The fourth-order valence-electron chi connectivity index (χ4n) is 2.31. The van der Waals surface area contributed by atoms with Crippen LogP contribution >= 0.6 is 0 Å². The summed E-state index contributed by atoms with van der Waals surface area (Å²) in [6.07, 6.45) is 1.36. The summed E-state index contributed by atoms with van der Waals surface area (Å²) in [6, 6.07) is 4.46. The lowest BCUT2D eigenvalue weighted by molar-refractivity contribution is -0.153. The molecule has 2 rings (SSSR count). The van der Waals surface area contributed by atoms with Crippen molar-refractivity contribution in [3.8, 4) is 11.5 Å². The van der Waals surface area contributed by atoms with E-state index < -0.39 is 24.0 Å². The van der Waals surface area contributed by atoms with Gasteiger partial charge in [-0.2, -0.15) is 0 Å². The number of rotatable bonds is 9. The topological polar surface area (TPSA) is 129 Å². The standard InChI is InChI=1S/C17H23N3O6/c1-11(26-15(21)5-3-2-4-8-19-17(18)23)16(22)20-12-6-7-13-14(9-12)25-10-24-13/h6-7,9,11H,2-5,8,10H2,1H3,(H,20,22)(H3,18,19,23)/t11-/m0/s1. The molecule has 0 bridgehead atoms. The van der Waals surface area contributed by atoms with Crippen LogP contribution in [0.3, 0.4) is 0 Å². The summed E-state index contributed by atoms with van der Waals surface area (Å²) in [5, 5.41) is 5.14. The van der Waals surface area contributed by atoms with Crippen LogP contribution in [0.1, 0.15) is 32.6 Å². The maximum atomic E-state index is 12.1. The largest absolute Gasteiger partial charge is 0.454 e. The van der Waals surface area contributed by atoms with Gasteiger partial charge in [0.15, 0.2) is 17.6 Å². The highest BCUT2D eigenvalue weighted by Crippen LogP contribution is 2.34. The van der Waals surface area contributed by atoms with Crippen molar-refractivity contribution in [2.24, 2.45) is 5.73 Å². The van der Waals surface area contributed by atoms with Gasteiger partial charge in [0.25, 0.3) is 5.91 Å². The normalized spacial score (nSPS) is 13.0. The second-order valence-corrected chi connectivity index (χ2v) is 5.79. The number of benzene rings is 1. The van der Waals surface area contributed by atoms with Gasteiger partial charge in [-0.3, -0.25) is 9.59 Å². The van der Waals surface area contributed by atoms with Crippen LogP contribution in [0.4, 0.5) is 10.5 Å². The van der Waals surface area contributed by atoms with Gasteiger partial charge in [-0.15, -0.1) is 0 Å². The van der Waals surface area contributed by atoms with Crippen molar-refractivity contribution in [3.63, 3.8) is 0 Å². The molecule has 1 atom stereocenters. The number of hydrogen-bond donors (Lipinski definition) is 3. The lowest BCUT2D eigenvalue weighted by atomic mass is 10.2. The number of esters is 1. The van der Waals surface area contributed by atoms with Crippen molar-refractivity contribution in [1.29, 1.82) is 0 Å². The van der Waals surface area contributed by atoms with E-state index in [0.717, 1.165) is 12.8 Å². The number of unbranched alkanes of at least 4 members (excludes halogenated alkanes) is 2. The minimum atomic E-state index is -0.913. The van der Waals surface area contributed by atoms with Crippen LogP contribution < -0.4 is 25.8 Å². The molecule has 1 aliphatic rings. The van der Waals surface area contributed by atoms with Crippen molar-refractivity contribution in [2.45, 2.75) is 38.7 Å². The molecule has 0 spiro atoms. The molecular weight excluding hydrogens is 342 g/mol. The molecule has 1 aromatic rings. The van der Waals surface area contributed by atoms with Crippen LogP contribution in [0.15, 0.2) is 18.2 Å². The molecule has 0 radical (unpaired) electrons. The Morgan fingerprint density at radius 1 is 1.19 bits per heavy atom. The zero-order valence-electron chi connectivity index (χ0n) is 14.6. The van der Waals surface area contributed by atoms with Gasteiger partial charge >= 0.3 is 12.0 Å². The highest BCUT2D eigenvalue weighted by molar-refractivity contribution is 5.95. The van der Waals surface area contributed by atoms with Gasteiger partial charge in [0.1, 0.15) is 0 Å². The van der Waals surface area contributed by atoms with Crippen LogP contribution in [-0.4, -0.2) is 37.3 Å². The molecule has 9 heteroatoms. The molecule has 3 amide bonds. The quantitative estimate of drug-likeness (QED) is 0.449. The maximum Gasteiger partial charge on any atom is 0.312 e. The predicted molar refractivity (Wildman–Crippen MR) is 92.8 cm³/mol. The Morgan fingerprint density at radius 2 is 1.96 bits per heavy atom. The summed E-state index contributed by atoms with van der Waals surface area (Å²) in [5.74, 6) is 0.302. The third kappa shape index (κ3) is 6.15. The number of primary amides is 1. The first kappa shape index (κ1) is 19.4. The SMILES string of the molecule is C[C@H](OC(=O)CCCCCNC(N)=O)C(=O)Nc1ccc2c(c1)OCO2. The molecular formula is C17H23N3O6. The van der Waals surface area contributed by atoms with E-state index in [1.165, 1.54) is 6.92 Å². The minimum absolute atomic E-state index is 0.152. The summed E-state index contributed by atoms with van der Waals surface area (Å²) in [7, 11) is 0. The predicted octanol–water partition coefficient (Wildman–Crippen LogP) is 1.51. The Bertz CT molecular complexity index is 664. The molecule has 4 N–H and O–H groups in total. The van der Waals surface area contributed by atoms with Crippen molar-refractivity contribution in [2.75, 3.05) is 18.7 Å². The first-order valence-corrected chi connectivity index (χ1v) is 8.39. The Balaban J connectivity index is 1.66. The second kappa shape index (κ2) is 9.50. The van der Waals surface area contributed by atoms with E-state index >= 15 is 0 Å². The van der Waals surface area contributed by atoms with Gasteiger partial charge < -0.3 is 30.6 Å². The molecule has 0 saturated heterocycles. The number of amides is 3. The van der Waals surface area contributed by atoms with Gasteiger partial charge in [0.2, 0.25) is 6.79 Å². The van der Waals surface area contributed by atoms with Crippen LogP contribution in [0.2, 0.25) is 0 Å². The second-order valence-electron chi connectivity index (χ2n) is 5.79. The van der Waals surface area contributed by atoms with E-state index in [1.54, 1.807) is 18.2 Å². The Kier molecular flexibility index (Phi) is 7.07. The van der Waals surface area contributed by atoms with Gasteiger partial charge in [-0.1, -0.05) is 6.42 Å². The highest BCUT2D eigenvalue weighted by atomic mass is 16.7. The average Bonchev–Trinajstić information content (AvgIpc) is 3.05. The molecule has 0 saturated carbocycles. The van der Waals surface area contributed by atoms with Gasteiger partial charge in [0, 0.05) is 24.7 Å². The average molecular weight is 365 g/mol. The van der Waals surface area contributed by atoms with Crippen molar-refractivity contribution in [1.82, 2.24) is 5.32 Å². The number of carbonyl (C=O) groups excluding carboxylic acids is 3. The molecule has 0 aliphatic carbocycles. The van der Waals surface area contributed by atoms with Crippen LogP contribution in [-0.2, 0) is 14.3 Å². The summed E-state index contributed by atoms with van der Waals surface area (Å²) in [5.41, 5.74) is 5.48. The zero-order valence-corrected chi connectivity index (χ0v) is 14.6. The number of fused-ring (bicyclic) bond motifs is 1. The van der Waals surface area contributed by atoms with E-state index in [2.05, 4.69) is 10.6 Å². The fourth-order valence-corrected chi connectivity index (χ4v) is 2.31. The number of hydrogen-bond acceptors (Lipinski definition) is 6. The molecule has 9 nitrogen and oxygen atoms in total. The van der Waals surface area contributed by atoms with Gasteiger partial charge in [-0.25, -0.2) is 4.79 Å². The van der Waals surface area contributed by atoms with E-state index in [1.807, 2.05) is 0 Å². The van der Waals surface area contributed by atoms with Gasteiger partial charge in [0.05, 0.1) is 0 Å². The molecule has 1 aromatic carbocycles. The first-order chi connectivity index (χ1) is 12.5. The molecule has 0 aromatic heterocycles. The van der Waals surface area contributed by atoms with Gasteiger partial charge in [-0.05, 0) is 31.9 Å². The molecule has 1 heterocycles. The Hall–Kier alpha value is -2.97. The summed E-state index contributed by atoms with van der Waals surface area (Å²) >= 11 is 0. The molecule has 0 fully saturated rings. The van der Waals surface area contributed by atoms with Crippen molar-refractivity contribution >= 4 is 23.6 Å². The minimum Gasteiger partial charge on any atom is -0.454 e. The zero-order chi connectivity index (χ0) is 18.9. The van der Waals surface area contributed by atoms with E-state index in [4.69, 9.17) is 19.9 Å². The highest BCUT2D eigenvalue weighted by Gasteiger charge is 2.19. The van der Waals surface area contributed by atoms with Crippen LogP contribution in [0.25, 0.3) is 0 Å². The third-order valence-electron chi connectivity index (χ3n) is 3.67. The number of nitrogens with two attached hydrogens (primary N) is 1. The number of carbonyl (C=O) groups is 3. The number of ether oxygens (including phenoxy) is 3. The molecule has 26 heavy (non-hydrogen) atoms. The molecule has 0 unspecified atom stereocenters. The monoisotopic (exact) mass is 365 g/mol. The molecule has 142 valence electrons.